The van der Waals surface area contributed by atoms with Crippen molar-refractivity contribution in [1.82, 2.24) is 10.6 Å². The van der Waals surface area contributed by atoms with Crippen LogP contribution in [0.2, 0.25) is 0 Å². The monoisotopic (exact) mass is 354 g/mol. The van der Waals surface area contributed by atoms with Crippen LogP contribution in [0.3, 0.4) is 0 Å². The fourth-order valence-corrected chi connectivity index (χ4v) is 3.23. The van der Waals surface area contributed by atoms with E-state index in [-0.39, 0.29) is 17.6 Å². The van der Waals surface area contributed by atoms with Gasteiger partial charge in [-0.3, -0.25) is 9.59 Å². The van der Waals surface area contributed by atoms with Crippen LogP contribution in [0.5, 0.6) is 5.75 Å². The molecule has 0 saturated heterocycles. The zero-order valence-electron chi connectivity index (χ0n) is 14.3. The van der Waals surface area contributed by atoms with Crippen molar-refractivity contribution in [3.8, 4) is 5.75 Å². The van der Waals surface area contributed by atoms with Crippen LogP contribution in [0.15, 0.2) is 24.3 Å². The van der Waals surface area contributed by atoms with E-state index in [4.69, 9.17) is 0 Å². The second kappa shape index (κ2) is 8.78. The molecule has 0 radical (unpaired) electrons. The first kappa shape index (κ1) is 19.1. The number of ether oxygens (including phenoxy) is 1. The maximum absolute atomic E-state index is 12.6. The molecule has 1 fully saturated rings. The normalized spacial score (nSPS) is 16.3. The molecule has 0 unspecified atom stereocenters. The van der Waals surface area contributed by atoms with Gasteiger partial charge in [-0.2, -0.15) is 8.78 Å². The molecule has 0 aromatic heterocycles. The smallest absolute Gasteiger partial charge is 0.387 e. The highest BCUT2D eigenvalue weighted by atomic mass is 19.3. The van der Waals surface area contributed by atoms with Crippen LogP contribution in [0, 0.1) is 0 Å². The van der Waals surface area contributed by atoms with Gasteiger partial charge >= 0.3 is 6.61 Å². The molecule has 2 rings (SSSR count). The van der Waals surface area contributed by atoms with Crippen LogP contribution in [0.4, 0.5) is 8.78 Å². The number of hydrogen-bond acceptors (Lipinski definition) is 3. The minimum Gasteiger partial charge on any atom is -0.435 e. The van der Waals surface area contributed by atoms with E-state index in [2.05, 4.69) is 15.4 Å². The zero-order chi connectivity index (χ0) is 18.3. The molecule has 0 bridgehead atoms. The summed E-state index contributed by atoms with van der Waals surface area (Å²) in [6.07, 6.45) is 4.77. The average Bonchev–Trinajstić information content (AvgIpc) is 2.56. The summed E-state index contributed by atoms with van der Waals surface area (Å²) in [5, 5.41) is 5.72. The molecule has 1 aromatic rings. The van der Waals surface area contributed by atoms with Gasteiger partial charge in [0.1, 0.15) is 11.3 Å². The molecule has 1 aromatic carbocycles. The molecule has 7 heteroatoms. The summed E-state index contributed by atoms with van der Waals surface area (Å²) in [5.74, 6) is -0.249. The van der Waals surface area contributed by atoms with Gasteiger partial charge in [-0.25, -0.2) is 0 Å². The summed E-state index contributed by atoms with van der Waals surface area (Å²) >= 11 is 0. The Morgan fingerprint density at radius 1 is 1.16 bits per heavy atom. The van der Waals surface area contributed by atoms with Gasteiger partial charge in [-0.15, -0.1) is 0 Å². The number of carbonyl (C=O) groups excluding carboxylic acids is 2. The van der Waals surface area contributed by atoms with Crippen LogP contribution < -0.4 is 15.4 Å². The van der Waals surface area contributed by atoms with Crippen molar-refractivity contribution in [3.05, 3.63) is 29.8 Å². The van der Waals surface area contributed by atoms with Crippen molar-refractivity contribution in [2.75, 3.05) is 6.54 Å². The van der Waals surface area contributed by atoms with Gasteiger partial charge in [-0.1, -0.05) is 31.4 Å². The van der Waals surface area contributed by atoms with Gasteiger partial charge < -0.3 is 15.4 Å². The van der Waals surface area contributed by atoms with E-state index < -0.39 is 12.2 Å². The predicted molar refractivity (Wildman–Crippen MR) is 89.4 cm³/mol. The molecular weight excluding hydrogens is 330 g/mol. The second-order valence-corrected chi connectivity index (χ2v) is 6.35. The molecule has 5 nitrogen and oxygen atoms in total. The third-order valence-electron chi connectivity index (χ3n) is 4.40. The maximum Gasteiger partial charge on any atom is 0.387 e. The van der Waals surface area contributed by atoms with Crippen LogP contribution in [-0.2, 0) is 16.0 Å². The van der Waals surface area contributed by atoms with Gasteiger partial charge in [0.05, 0.1) is 0 Å². The zero-order valence-corrected chi connectivity index (χ0v) is 14.3. The lowest BCUT2D eigenvalue weighted by Crippen LogP contribution is -2.59. The standard InChI is InChI=1S/C18H24F2N2O3/c1-13(23)22-18(10-3-2-4-11-18)16(24)21-12-9-14-5-7-15(8-6-14)25-17(19)20/h5-8,17H,2-4,9-12H2,1H3,(H,21,24)(H,22,23). The van der Waals surface area contributed by atoms with E-state index in [9.17, 15) is 18.4 Å². The summed E-state index contributed by atoms with van der Waals surface area (Å²) in [7, 11) is 0. The Labute approximate surface area is 146 Å². The van der Waals surface area contributed by atoms with E-state index in [0.29, 0.717) is 25.8 Å². The SMILES string of the molecule is CC(=O)NC1(C(=O)NCCc2ccc(OC(F)F)cc2)CCCCC1. The quantitative estimate of drug-likeness (QED) is 0.791. The Bertz CT molecular complexity index is 584. The van der Waals surface area contributed by atoms with E-state index in [1.165, 1.54) is 19.1 Å². The summed E-state index contributed by atoms with van der Waals surface area (Å²) in [6.45, 7) is -1.01. The number of benzene rings is 1. The summed E-state index contributed by atoms with van der Waals surface area (Å²) < 4.78 is 28.5. The third kappa shape index (κ3) is 5.69. The first-order valence-electron chi connectivity index (χ1n) is 8.52. The minimum atomic E-state index is -2.84. The van der Waals surface area contributed by atoms with Crippen LogP contribution in [0.1, 0.15) is 44.6 Å². The fourth-order valence-electron chi connectivity index (χ4n) is 3.23. The molecule has 0 aliphatic heterocycles. The number of nitrogens with one attached hydrogen (secondary N) is 2. The van der Waals surface area contributed by atoms with Crippen molar-refractivity contribution in [2.24, 2.45) is 0 Å². The second-order valence-electron chi connectivity index (χ2n) is 6.35. The van der Waals surface area contributed by atoms with Gasteiger partial charge in [0.25, 0.3) is 0 Å². The molecule has 0 heterocycles. The Morgan fingerprint density at radius 2 is 1.80 bits per heavy atom. The maximum atomic E-state index is 12.6. The van der Waals surface area contributed by atoms with Crippen LogP contribution in [0.25, 0.3) is 0 Å². The van der Waals surface area contributed by atoms with Gasteiger partial charge in [0.15, 0.2) is 0 Å². The molecule has 25 heavy (non-hydrogen) atoms. The minimum absolute atomic E-state index is 0.106. The number of halogens is 2. The first-order valence-corrected chi connectivity index (χ1v) is 8.52. The molecule has 1 aliphatic rings. The van der Waals surface area contributed by atoms with Crippen molar-refractivity contribution in [3.63, 3.8) is 0 Å². The number of hydrogen-bond donors (Lipinski definition) is 2. The highest BCUT2D eigenvalue weighted by Gasteiger charge is 2.39. The van der Waals surface area contributed by atoms with Gasteiger partial charge in [-0.05, 0) is 37.0 Å². The molecule has 138 valence electrons. The largest absolute Gasteiger partial charge is 0.435 e. The molecular formula is C18H24F2N2O3. The van der Waals surface area contributed by atoms with Crippen LogP contribution >= 0.6 is 0 Å². The first-order chi connectivity index (χ1) is 11.9. The van der Waals surface area contributed by atoms with Crippen molar-refractivity contribution >= 4 is 11.8 Å². The third-order valence-corrected chi connectivity index (χ3v) is 4.40. The number of carbonyl (C=O) groups is 2. The van der Waals surface area contributed by atoms with Crippen molar-refractivity contribution in [2.45, 2.75) is 57.6 Å². The molecule has 0 atom stereocenters. The fraction of sp³-hybridized carbons (Fsp3) is 0.556. The average molecular weight is 354 g/mol. The lowest BCUT2D eigenvalue weighted by Gasteiger charge is -2.36. The Kier molecular flexibility index (Phi) is 6.73. The number of amides is 2. The Balaban J connectivity index is 1.86. The Hall–Kier alpha value is -2.18. The molecule has 0 spiro atoms. The van der Waals surface area contributed by atoms with E-state index >= 15 is 0 Å². The summed E-state index contributed by atoms with van der Waals surface area (Å²) in [4.78, 5) is 24.1. The van der Waals surface area contributed by atoms with Gasteiger partial charge in [0, 0.05) is 13.5 Å². The van der Waals surface area contributed by atoms with E-state index in [1.54, 1.807) is 12.1 Å². The number of alkyl halides is 2. The topological polar surface area (TPSA) is 67.4 Å². The number of rotatable bonds is 7. The predicted octanol–water partition coefficient (Wildman–Crippen LogP) is 2.79. The van der Waals surface area contributed by atoms with Gasteiger partial charge in [0.2, 0.25) is 11.8 Å². The van der Waals surface area contributed by atoms with Crippen molar-refractivity contribution in [1.29, 1.82) is 0 Å². The molecule has 2 N–H and O–H groups in total. The summed E-state index contributed by atoms with van der Waals surface area (Å²) in [5.41, 5.74) is 0.0955. The highest BCUT2D eigenvalue weighted by molar-refractivity contribution is 5.91. The molecule has 1 aliphatic carbocycles. The highest BCUT2D eigenvalue weighted by Crippen LogP contribution is 2.28. The lowest BCUT2D eigenvalue weighted by atomic mass is 9.80. The van der Waals surface area contributed by atoms with E-state index in [0.717, 1.165) is 24.8 Å². The molecule has 2 amide bonds. The van der Waals surface area contributed by atoms with Crippen LogP contribution in [-0.4, -0.2) is 30.5 Å². The Morgan fingerprint density at radius 3 is 2.36 bits per heavy atom. The lowest BCUT2D eigenvalue weighted by molar-refractivity contribution is -0.134. The van der Waals surface area contributed by atoms with Crippen molar-refractivity contribution < 1.29 is 23.1 Å². The summed E-state index contributed by atoms with van der Waals surface area (Å²) in [6, 6.07) is 6.33. The van der Waals surface area contributed by atoms with E-state index in [1.807, 2.05) is 0 Å². The molecule has 1 saturated carbocycles.